The van der Waals surface area contributed by atoms with Crippen molar-refractivity contribution in [1.82, 2.24) is 0 Å². The van der Waals surface area contributed by atoms with Gasteiger partial charge in [0.1, 0.15) is 11.9 Å². The largest absolute Gasteiger partial charge is 0.387 e. The summed E-state index contributed by atoms with van der Waals surface area (Å²) in [5.41, 5.74) is -0.629. The molecule has 3 unspecified atom stereocenters. The molecule has 2 rings (SSSR count). The molecule has 4 heteroatoms. The number of rotatable bonds is 3. The number of aliphatic hydroxyl groups excluding tert-OH is 1. The van der Waals surface area contributed by atoms with Gasteiger partial charge in [0, 0.05) is 10.0 Å². The van der Waals surface area contributed by atoms with Crippen LogP contribution in [0.25, 0.3) is 0 Å². The number of nitrogens with zero attached hydrogens (tertiary/aromatic N) is 1. The number of nitriles is 1. The Morgan fingerprint density at radius 2 is 2.37 bits per heavy atom. The van der Waals surface area contributed by atoms with Crippen LogP contribution in [0.3, 0.4) is 0 Å². The maximum Gasteiger partial charge on any atom is 0.129 e. The van der Waals surface area contributed by atoms with Crippen LogP contribution in [0.15, 0.2) is 22.7 Å². The molecule has 3 atom stereocenters. The van der Waals surface area contributed by atoms with Crippen LogP contribution in [0, 0.1) is 28.5 Å². The van der Waals surface area contributed by atoms with Gasteiger partial charge in [0.05, 0.1) is 11.5 Å². The van der Waals surface area contributed by atoms with E-state index in [9.17, 15) is 14.8 Å². The first-order valence-corrected chi connectivity index (χ1v) is 7.36. The summed E-state index contributed by atoms with van der Waals surface area (Å²) >= 11 is 3.28. The van der Waals surface area contributed by atoms with Crippen LogP contribution < -0.4 is 0 Å². The molecule has 1 saturated carbocycles. The van der Waals surface area contributed by atoms with Crippen LogP contribution in [-0.2, 0) is 0 Å². The lowest BCUT2D eigenvalue weighted by molar-refractivity contribution is 0.0609. The molecule has 1 aliphatic carbocycles. The fourth-order valence-electron chi connectivity index (χ4n) is 2.96. The minimum absolute atomic E-state index is 0.215. The molecule has 0 heterocycles. The summed E-state index contributed by atoms with van der Waals surface area (Å²) < 4.78 is 14.6. The number of benzene rings is 1. The van der Waals surface area contributed by atoms with Gasteiger partial charge in [-0.15, -0.1) is 0 Å². The molecule has 102 valence electrons. The molecule has 0 bridgehead atoms. The number of hydrogen-bond acceptors (Lipinski definition) is 2. The van der Waals surface area contributed by atoms with Crippen LogP contribution >= 0.6 is 15.9 Å². The van der Waals surface area contributed by atoms with E-state index in [-0.39, 0.29) is 5.56 Å². The van der Waals surface area contributed by atoms with Crippen LogP contribution in [0.1, 0.15) is 44.3 Å². The van der Waals surface area contributed by atoms with Crippen molar-refractivity contribution in [3.8, 4) is 6.07 Å². The van der Waals surface area contributed by atoms with E-state index in [1.807, 2.05) is 0 Å². The molecule has 0 amide bonds. The lowest BCUT2D eigenvalue weighted by atomic mass is 9.77. The number of halogens is 2. The Labute approximate surface area is 121 Å². The van der Waals surface area contributed by atoms with Gasteiger partial charge < -0.3 is 5.11 Å². The van der Waals surface area contributed by atoms with E-state index in [0.717, 1.165) is 12.8 Å². The van der Waals surface area contributed by atoms with Crippen molar-refractivity contribution >= 4 is 15.9 Å². The van der Waals surface area contributed by atoms with E-state index in [4.69, 9.17) is 0 Å². The summed E-state index contributed by atoms with van der Waals surface area (Å²) in [6.45, 7) is 2.09. The zero-order valence-electron chi connectivity index (χ0n) is 10.9. The zero-order chi connectivity index (χ0) is 14.0. The van der Waals surface area contributed by atoms with Gasteiger partial charge in [0.25, 0.3) is 0 Å². The SMILES string of the molecule is CCC1CCC(C#N)(C(O)c2cc(Br)ccc2F)C1. The van der Waals surface area contributed by atoms with E-state index in [2.05, 4.69) is 28.9 Å². The monoisotopic (exact) mass is 325 g/mol. The molecule has 1 fully saturated rings. The Kier molecular flexibility index (Phi) is 4.27. The summed E-state index contributed by atoms with van der Waals surface area (Å²) in [5.74, 6) is -0.00483. The highest BCUT2D eigenvalue weighted by molar-refractivity contribution is 9.10. The molecule has 0 spiro atoms. The van der Waals surface area contributed by atoms with Crippen molar-refractivity contribution in [2.45, 2.75) is 38.7 Å². The maximum absolute atomic E-state index is 13.9. The molecule has 0 saturated heterocycles. The van der Waals surface area contributed by atoms with Gasteiger partial charge in [-0.2, -0.15) is 5.26 Å². The highest BCUT2D eigenvalue weighted by atomic mass is 79.9. The van der Waals surface area contributed by atoms with Gasteiger partial charge in [-0.25, -0.2) is 4.39 Å². The van der Waals surface area contributed by atoms with Crippen molar-refractivity contribution in [3.63, 3.8) is 0 Å². The number of hydrogen-bond donors (Lipinski definition) is 1. The first-order valence-electron chi connectivity index (χ1n) is 6.56. The van der Waals surface area contributed by atoms with E-state index in [1.54, 1.807) is 12.1 Å². The Hall–Kier alpha value is -0.920. The average molecular weight is 326 g/mol. The van der Waals surface area contributed by atoms with Crippen molar-refractivity contribution in [3.05, 3.63) is 34.1 Å². The summed E-state index contributed by atoms with van der Waals surface area (Å²) in [5, 5.41) is 20.0. The smallest absolute Gasteiger partial charge is 0.129 e. The second-order valence-electron chi connectivity index (χ2n) is 5.35. The maximum atomic E-state index is 13.9. The molecule has 1 aromatic carbocycles. The molecule has 2 nitrogen and oxygen atoms in total. The Morgan fingerprint density at radius 1 is 1.63 bits per heavy atom. The highest BCUT2D eigenvalue weighted by Gasteiger charge is 2.46. The van der Waals surface area contributed by atoms with Crippen LogP contribution in [0.2, 0.25) is 0 Å². The van der Waals surface area contributed by atoms with Gasteiger partial charge >= 0.3 is 0 Å². The Morgan fingerprint density at radius 3 is 2.95 bits per heavy atom. The van der Waals surface area contributed by atoms with Crippen LogP contribution in [0.4, 0.5) is 4.39 Å². The summed E-state index contributed by atoms with van der Waals surface area (Å²) in [4.78, 5) is 0. The molecule has 19 heavy (non-hydrogen) atoms. The first-order chi connectivity index (χ1) is 9.02. The van der Waals surface area contributed by atoms with E-state index in [0.29, 0.717) is 23.2 Å². The topological polar surface area (TPSA) is 44.0 Å². The third-order valence-corrected chi connectivity index (χ3v) is 4.72. The van der Waals surface area contributed by atoms with E-state index >= 15 is 0 Å². The van der Waals surface area contributed by atoms with Crippen molar-refractivity contribution in [1.29, 1.82) is 5.26 Å². The predicted molar refractivity (Wildman–Crippen MR) is 74.7 cm³/mol. The Balaban J connectivity index is 2.34. The summed E-state index contributed by atoms with van der Waals surface area (Å²) in [6, 6.07) is 6.73. The number of aliphatic hydroxyl groups is 1. The fourth-order valence-corrected chi connectivity index (χ4v) is 3.34. The van der Waals surface area contributed by atoms with Gasteiger partial charge in [-0.3, -0.25) is 0 Å². The van der Waals surface area contributed by atoms with Gasteiger partial charge in [-0.05, 0) is 43.4 Å². The Bertz CT molecular complexity index is 513. The lowest BCUT2D eigenvalue weighted by Crippen LogP contribution is -2.25. The molecule has 1 N–H and O–H groups in total. The van der Waals surface area contributed by atoms with E-state index < -0.39 is 17.3 Å². The molecular weight excluding hydrogens is 309 g/mol. The molecule has 1 aromatic rings. The second-order valence-corrected chi connectivity index (χ2v) is 6.27. The minimum atomic E-state index is -1.06. The van der Waals surface area contributed by atoms with Crippen molar-refractivity contribution < 1.29 is 9.50 Å². The third-order valence-electron chi connectivity index (χ3n) is 4.23. The lowest BCUT2D eigenvalue weighted by Gasteiger charge is -2.28. The normalized spacial score (nSPS) is 28.1. The summed E-state index contributed by atoms with van der Waals surface area (Å²) in [7, 11) is 0. The highest BCUT2D eigenvalue weighted by Crippen LogP contribution is 2.50. The summed E-state index contributed by atoms with van der Waals surface area (Å²) in [6.07, 6.45) is 2.14. The first kappa shape index (κ1) is 14.5. The average Bonchev–Trinajstić information content (AvgIpc) is 2.85. The van der Waals surface area contributed by atoms with Crippen LogP contribution in [0.5, 0.6) is 0 Å². The third kappa shape index (κ3) is 2.68. The quantitative estimate of drug-likeness (QED) is 0.898. The molecule has 0 aliphatic heterocycles. The van der Waals surface area contributed by atoms with E-state index in [1.165, 1.54) is 6.07 Å². The fraction of sp³-hybridized carbons (Fsp3) is 0.533. The predicted octanol–water partition coefficient (Wildman–Crippen LogP) is 4.34. The molecule has 1 aliphatic rings. The standard InChI is InChI=1S/C15H17BrFNO/c1-2-10-5-6-15(8-10,9-18)14(19)12-7-11(16)3-4-13(12)17/h3-4,7,10,14,19H,2,5-6,8H2,1H3. The second kappa shape index (κ2) is 5.60. The van der Waals surface area contributed by atoms with Crippen molar-refractivity contribution in [2.75, 3.05) is 0 Å². The van der Waals surface area contributed by atoms with Gasteiger partial charge in [0.15, 0.2) is 0 Å². The van der Waals surface area contributed by atoms with Gasteiger partial charge in [0.2, 0.25) is 0 Å². The minimum Gasteiger partial charge on any atom is -0.387 e. The molecule has 0 aromatic heterocycles. The van der Waals surface area contributed by atoms with Gasteiger partial charge in [-0.1, -0.05) is 29.3 Å². The zero-order valence-corrected chi connectivity index (χ0v) is 12.5. The van der Waals surface area contributed by atoms with Crippen LogP contribution in [-0.4, -0.2) is 5.11 Å². The van der Waals surface area contributed by atoms with Crippen molar-refractivity contribution in [2.24, 2.45) is 11.3 Å². The molecular formula is C15H17BrFNO. The molecule has 0 radical (unpaired) electrons.